The Kier molecular flexibility index (Phi) is 4.81. The Morgan fingerprint density at radius 3 is 2.80 bits per heavy atom. The van der Waals surface area contributed by atoms with Gasteiger partial charge in [0.05, 0.1) is 0 Å². The molecule has 1 aromatic rings. The standard InChI is InChI=1S/C21H28O4/c1-13-8-9-16-15(10-13)20-17(22)11-14(6-4-5-7-19(23)24)12-18(20)25-21(16,2)3/h8,11-12,15-16,22H,4-7,9-10H2,1-3H3,(H,23,24)/t15-,16-/m1/s1. The van der Waals surface area contributed by atoms with Crippen molar-refractivity contribution in [1.82, 2.24) is 0 Å². The largest absolute Gasteiger partial charge is 0.508 e. The van der Waals surface area contributed by atoms with E-state index < -0.39 is 5.97 Å². The van der Waals surface area contributed by atoms with Crippen LogP contribution in [0.2, 0.25) is 0 Å². The highest BCUT2D eigenvalue weighted by Gasteiger charge is 2.45. The van der Waals surface area contributed by atoms with E-state index in [0.717, 1.165) is 42.6 Å². The summed E-state index contributed by atoms with van der Waals surface area (Å²) in [4.78, 5) is 10.6. The number of hydrogen-bond donors (Lipinski definition) is 2. The zero-order valence-electron chi connectivity index (χ0n) is 15.3. The lowest BCUT2D eigenvalue weighted by atomic mass is 9.67. The van der Waals surface area contributed by atoms with Crippen LogP contribution in [0.15, 0.2) is 23.8 Å². The van der Waals surface area contributed by atoms with E-state index in [4.69, 9.17) is 9.84 Å². The lowest BCUT2D eigenvalue weighted by molar-refractivity contribution is -0.137. The molecule has 0 fully saturated rings. The van der Waals surface area contributed by atoms with E-state index in [1.165, 1.54) is 5.57 Å². The predicted octanol–water partition coefficient (Wildman–Crippen LogP) is 4.80. The van der Waals surface area contributed by atoms with Crippen molar-refractivity contribution < 1.29 is 19.7 Å². The fourth-order valence-corrected chi connectivity index (χ4v) is 4.37. The highest BCUT2D eigenvalue weighted by molar-refractivity contribution is 5.66. The number of phenols is 1. The van der Waals surface area contributed by atoms with Crippen LogP contribution in [-0.2, 0) is 11.2 Å². The maximum Gasteiger partial charge on any atom is 0.303 e. The number of ether oxygens (including phenoxy) is 1. The molecule has 0 radical (unpaired) electrons. The average molecular weight is 344 g/mol. The van der Waals surface area contributed by atoms with Crippen LogP contribution in [-0.4, -0.2) is 21.8 Å². The normalized spacial score (nSPS) is 23.9. The average Bonchev–Trinajstić information content (AvgIpc) is 2.50. The van der Waals surface area contributed by atoms with Crippen molar-refractivity contribution in [1.29, 1.82) is 0 Å². The highest BCUT2D eigenvalue weighted by Crippen LogP contribution is 2.54. The first-order valence-corrected chi connectivity index (χ1v) is 9.20. The molecule has 0 unspecified atom stereocenters. The molecular weight excluding hydrogens is 316 g/mol. The summed E-state index contributed by atoms with van der Waals surface area (Å²) in [5.74, 6) is 1.03. The molecule has 0 saturated heterocycles. The van der Waals surface area contributed by atoms with Crippen molar-refractivity contribution >= 4 is 5.97 Å². The van der Waals surface area contributed by atoms with Crippen LogP contribution in [0.1, 0.15) is 69.9 Å². The Morgan fingerprint density at radius 1 is 1.32 bits per heavy atom. The van der Waals surface area contributed by atoms with Crippen molar-refractivity contribution in [2.75, 3.05) is 0 Å². The molecule has 4 heteroatoms. The molecule has 0 bridgehead atoms. The molecule has 1 aromatic carbocycles. The number of hydrogen-bond acceptors (Lipinski definition) is 3. The molecule has 2 atom stereocenters. The van der Waals surface area contributed by atoms with Gasteiger partial charge in [-0.05, 0) is 70.6 Å². The Morgan fingerprint density at radius 2 is 2.08 bits per heavy atom. The van der Waals surface area contributed by atoms with Gasteiger partial charge in [-0.2, -0.15) is 0 Å². The number of rotatable bonds is 5. The molecule has 1 aliphatic carbocycles. The molecule has 0 saturated carbocycles. The van der Waals surface area contributed by atoms with E-state index in [9.17, 15) is 9.90 Å². The van der Waals surface area contributed by atoms with Gasteiger partial charge in [-0.25, -0.2) is 0 Å². The fourth-order valence-electron chi connectivity index (χ4n) is 4.37. The third-order valence-electron chi connectivity index (χ3n) is 5.67. The number of carbonyl (C=O) groups is 1. The van der Waals surface area contributed by atoms with Crippen molar-refractivity contribution in [3.63, 3.8) is 0 Å². The first-order chi connectivity index (χ1) is 11.8. The van der Waals surface area contributed by atoms with Crippen molar-refractivity contribution in [3.05, 3.63) is 34.9 Å². The second-order valence-electron chi connectivity index (χ2n) is 8.04. The zero-order valence-corrected chi connectivity index (χ0v) is 15.3. The molecule has 25 heavy (non-hydrogen) atoms. The molecule has 0 amide bonds. The van der Waals surface area contributed by atoms with Crippen LogP contribution in [0.5, 0.6) is 11.5 Å². The van der Waals surface area contributed by atoms with Gasteiger partial charge >= 0.3 is 5.97 Å². The molecule has 1 heterocycles. The maximum atomic E-state index is 10.7. The van der Waals surface area contributed by atoms with E-state index in [2.05, 4.69) is 26.8 Å². The zero-order chi connectivity index (χ0) is 18.2. The molecule has 1 aliphatic heterocycles. The van der Waals surface area contributed by atoms with E-state index >= 15 is 0 Å². The summed E-state index contributed by atoms with van der Waals surface area (Å²) >= 11 is 0. The third-order valence-corrected chi connectivity index (χ3v) is 5.67. The second kappa shape index (κ2) is 6.74. The van der Waals surface area contributed by atoms with Gasteiger partial charge in [-0.15, -0.1) is 0 Å². The third kappa shape index (κ3) is 3.68. The van der Waals surface area contributed by atoms with Crippen LogP contribution in [0, 0.1) is 5.92 Å². The first-order valence-electron chi connectivity index (χ1n) is 9.20. The lowest BCUT2D eigenvalue weighted by Crippen LogP contribution is -2.45. The predicted molar refractivity (Wildman–Crippen MR) is 97.2 cm³/mol. The summed E-state index contributed by atoms with van der Waals surface area (Å²) in [6.45, 7) is 6.43. The number of allylic oxidation sites excluding steroid dienone is 2. The van der Waals surface area contributed by atoms with Crippen molar-refractivity contribution in [2.45, 2.75) is 70.8 Å². The number of carboxylic acids is 1. The Balaban J connectivity index is 1.85. The van der Waals surface area contributed by atoms with Crippen molar-refractivity contribution in [3.8, 4) is 11.5 Å². The molecular formula is C21H28O4. The van der Waals surface area contributed by atoms with Crippen LogP contribution in [0.4, 0.5) is 0 Å². The number of aliphatic carboxylic acids is 1. The number of unbranched alkanes of at least 4 members (excludes halogenated alkanes) is 1. The van der Waals surface area contributed by atoms with Gasteiger partial charge in [0, 0.05) is 23.8 Å². The number of aryl methyl sites for hydroxylation is 1. The van der Waals surface area contributed by atoms with Crippen molar-refractivity contribution in [2.24, 2.45) is 5.92 Å². The topological polar surface area (TPSA) is 66.8 Å². The van der Waals surface area contributed by atoms with Crippen LogP contribution >= 0.6 is 0 Å². The molecule has 4 nitrogen and oxygen atoms in total. The molecule has 0 aromatic heterocycles. The fraction of sp³-hybridized carbons (Fsp3) is 0.571. The van der Waals surface area contributed by atoms with Gasteiger partial charge in [-0.1, -0.05) is 11.6 Å². The van der Waals surface area contributed by atoms with E-state index in [0.29, 0.717) is 24.0 Å². The van der Waals surface area contributed by atoms with Gasteiger partial charge in [0.15, 0.2) is 0 Å². The summed E-state index contributed by atoms with van der Waals surface area (Å²) in [6, 6.07) is 3.88. The maximum absolute atomic E-state index is 10.7. The van der Waals surface area contributed by atoms with Gasteiger partial charge in [0.2, 0.25) is 0 Å². The number of fused-ring (bicyclic) bond motifs is 3. The quantitative estimate of drug-likeness (QED) is 0.595. The number of phenolic OH excluding ortho intramolecular Hbond substituents is 1. The summed E-state index contributed by atoms with van der Waals surface area (Å²) < 4.78 is 6.31. The smallest absolute Gasteiger partial charge is 0.303 e. The van der Waals surface area contributed by atoms with E-state index in [1.54, 1.807) is 0 Å². The second-order valence-corrected chi connectivity index (χ2v) is 8.04. The summed E-state index contributed by atoms with van der Waals surface area (Å²) in [7, 11) is 0. The van der Waals surface area contributed by atoms with Crippen LogP contribution < -0.4 is 4.74 Å². The minimum Gasteiger partial charge on any atom is -0.508 e. The van der Waals surface area contributed by atoms with E-state index in [1.807, 2.05) is 12.1 Å². The Hall–Kier alpha value is -1.97. The van der Waals surface area contributed by atoms with Gasteiger partial charge < -0.3 is 14.9 Å². The van der Waals surface area contributed by atoms with E-state index in [-0.39, 0.29) is 12.0 Å². The summed E-state index contributed by atoms with van der Waals surface area (Å²) in [6.07, 6.45) is 6.64. The molecule has 2 N–H and O–H groups in total. The number of benzene rings is 1. The summed E-state index contributed by atoms with van der Waals surface area (Å²) in [5.41, 5.74) is 3.08. The Bertz CT molecular complexity index is 702. The Labute approximate surface area is 149 Å². The minimum absolute atomic E-state index is 0.190. The molecule has 0 spiro atoms. The highest BCUT2D eigenvalue weighted by atomic mass is 16.5. The minimum atomic E-state index is -0.759. The monoisotopic (exact) mass is 344 g/mol. The van der Waals surface area contributed by atoms with Crippen LogP contribution in [0.25, 0.3) is 0 Å². The lowest BCUT2D eigenvalue weighted by Gasteiger charge is -2.47. The van der Waals surface area contributed by atoms with Gasteiger partial charge in [-0.3, -0.25) is 4.79 Å². The molecule has 136 valence electrons. The van der Waals surface area contributed by atoms with Gasteiger partial charge in [0.25, 0.3) is 0 Å². The molecule has 3 rings (SSSR count). The van der Waals surface area contributed by atoms with Gasteiger partial charge in [0.1, 0.15) is 17.1 Å². The number of aromatic hydroxyl groups is 1. The van der Waals surface area contributed by atoms with Crippen LogP contribution in [0.3, 0.4) is 0 Å². The first kappa shape index (κ1) is 17.8. The SMILES string of the molecule is CC1=CC[C@@H]2[C@@H](C1)c1c(O)cc(CCCCC(=O)O)cc1OC2(C)C. The number of carboxylic acid groups (broad SMARTS) is 1. The molecule has 2 aliphatic rings. The summed E-state index contributed by atoms with van der Waals surface area (Å²) in [5, 5.41) is 19.4.